The van der Waals surface area contributed by atoms with E-state index in [9.17, 15) is 22.5 Å². The number of benzene rings is 3. The SMILES string of the molecule is C=CC(=O)N1CCCC(c2cccc(NCc3ccc(Nc4ncc(C(F)(F)F)c(Nc5ccccc5P(C)(C)=O)n4)cc3)c2)C1. The first-order chi connectivity index (χ1) is 21.9. The van der Waals surface area contributed by atoms with Gasteiger partial charge in [0.2, 0.25) is 11.9 Å². The highest BCUT2D eigenvalue weighted by molar-refractivity contribution is 7.70. The summed E-state index contributed by atoms with van der Waals surface area (Å²) in [5, 5.41) is 9.59. The molecule has 1 fully saturated rings. The summed E-state index contributed by atoms with van der Waals surface area (Å²) >= 11 is 0. The lowest BCUT2D eigenvalue weighted by molar-refractivity contribution is -0.137. The molecule has 5 rings (SSSR count). The minimum atomic E-state index is -4.70. The van der Waals surface area contributed by atoms with Gasteiger partial charge < -0.3 is 25.4 Å². The zero-order valence-electron chi connectivity index (χ0n) is 25.6. The van der Waals surface area contributed by atoms with Gasteiger partial charge in [-0.05, 0) is 79.8 Å². The highest BCUT2D eigenvalue weighted by Crippen LogP contribution is 2.40. The predicted octanol–water partition coefficient (Wildman–Crippen LogP) is 7.73. The van der Waals surface area contributed by atoms with E-state index in [0.717, 1.165) is 36.8 Å². The van der Waals surface area contributed by atoms with Gasteiger partial charge in [-0.3, -0.25) is 4.79 Å². The van der Waals surface area contributed by atoms with Gasteiger partial charge in [-0.25, -0.2) is 4.98 Å². The van der Waals surface area contributed by atoms with Gasteiger partial charge in [0, 0.05) is 48.4 Å². The van der Waals surface area contributed by atoms with Gasteiger partial charge in [0.05, 0.1) is 5.69 Å². The van der Waals surface area contributed by atoms with Crippen molar-refractivity contribution in [3.63, 3.8) is 0 Å². The maximum Gasteiger partial charge on any atom is 0.421 e. The molecule has 1 amide bonds. The summed E-state index contributed by atoms with van der Waals surface area (Å²) in [7, 11) is -2.79. The molecule has 0 spiro atoms. The first-order valence-electron chi connectivity index (χ1n) is 14.9. The average Bonchev–Trinajstić information content (AvgIpc) is 3.03. The van der Waals surface area contributed by atoms with Crippen molar-refractivity contribution in [2.75, 3.05) is 42.4 Å². The second-order valence-electron chi connectivity index (χ2n) is 11.6. The van der Waals surface area contributed by atoms with Crippen LogP contribution in [0.25, 0.3) is 0 Å². The fourth-order valence-corrected chi connectivity index (χ4v) is 6.60. The Balaban J connectivity index is 1.25. The van der Waals surface area contributed by atoms with Gasteiger partial charge in [0.1, 0.15) is 18.5 Å². The van der Waals surface area contributed by atoms with Crippen LogP contribution in [0.4, 0.5) is 42.0 Å². The number of nitrogens with zero attached hydrogens (tertiary/aromatic N) is 3. The Labute approximate surface area is 266 Å². The molecule has 0 radical (unpaired) electrons. The number of aromatic nitrogens is 2. The van der Waals surface area contributed by atoms with E-state index in [-0.39, 0.29) is 23.5 Å². The molecule has 0 saturated carbocycles. The van der Waals surface area contributed by atoms with Crippen LogP contribution in [0.5, 0.6) is 0 Å². The molecule has 0 aliphatic carbocycles. The topological polar surface area (TPSA) is 99.3 Å². The Hall–Kier alpha value is -4.63. The number of halogens is 3. The highest BCUT2D eigenvalue weighted by atomic mass is 31.2. The van der Waals surface area contributed by atoms with Crippen molar-refractivity contribution in [2.45, 2.75) is 31.5 Å². The first kappa shape index (κ1) is 32.8. The predicted molar refractivity (Wildman–Crippen MR) is 178 cm³/mol. The lowest BCUT2D eigenvalue weighted by atomic mass is 9.90. The molecule has 1 saturated heterocycles. The molecule has 1 aliphatic rings. The fraction of sp³-hybridized carbons (Fsp3) is 0.265. The van der Waals surface area contributed by atoms with Crippen molar-refractivity contribution in [2.24, 2.45) is 0 Å². The van der Waals surface area contributed by atoms with Crippen LogP contribution in [0.1, 0.15) is 35.4 Å². The summed E-state index contributed by atoms with van der Waals surface area (Å²) < 4.78 is 54.3. The summed E-state index contributed by atoms with van der Waals surface area (Å²) in [6, 6.07) is 22.2. The summed E-state index contributed by atoms with van der Waals surface area (Å²) in [5.74, 6) is -0.238. The molecule has 2 heterocycles. The maximum absolute atomic E-state index is 13.8. The van der Waals surface area contributed by atoms with E-state index in [1.807, 2.05) is 29.2 Å². The van der Waals surface area contributed by atoms with Crippen LogP contribution in [0.3, 0.4) is 0 Å². The van der Waals surface area contributed by atoms with E-state index in [0.29, 0.717) is 24.1 Å². The van der Waals surface area contributed by atoms with E-state index in [4.69, 9.17) is 0 Å². The number of piperidine rings is 1. The maximum atomic E-state index is 13.8. The van der Waals surface area contributed by atoms with Gasteiger partial charge in [-0.2, -0.15) is 18.2 Å². The van der Waals surface area contributed by atoms with Crippen LogP contribution >= 0.6 is 7.14 Å². The number of nitrogens with one attached hydrogen (secondary N) is 3. The number of anilines is 5. The van der Waals surface area contributed by atoms with Crippen molar-refractivity contribution >= 4 is 47.2 Å². The zero-order valence-corrected chi connectivity index (χ0v) is 26.5. The second kappa shape index (κ2) is 13.8. The molecule has 0 bridgehead atoms. The Bertz CT molecular complexity index is 1760. The van der Waals surface area contributed by atoms with Gasteiger partial charge in [-0.1, -0.05) is 43.0 Å². The largest absolute Gasteiger partial charge is 0.421 e. The molecule has 3 N–H and O–H groups in total. The van der Waals surface area contributed by atoms with Gasteiger partial charge in [-0.15, -0.1) is 0 Å². The summed E-state index contributed by atoms with van der Waals surface area (Å²) in [4.78, 5) is 22.0. The molecule has 1 atom stereocenters. The van der Waals surface area contributed by atoms with Crippen LogP contribution in [0, 0.1) is 0 Å². The lowest BCUT2D eigenvalue weighted by Crippen LogP contribution is -2.38. The monoisotopic (exact) mass is 648 g/mol. The van der Waals surface area contributed by atoms with E-state index in [2.05, 4.69) is 44.6 Å². The normalized spacial score (nSPS) is 15.2. The fourth-order valence-electron chi connectivity index (χ4n) is 5.44. The Kier molecular flexibility index (Phi) is 9.82. The lowest BCUT2D eigenvalue weighted by Gasteiger charge is -2.32. The average molecular weight is 649 g/mol. The third-order valence-corrected chi connectivity index (χ3v) is 9.35. The van der Waals surface area contributed by atoms with Gasteiger partial charge in [0.15, 0.2) is 0 Å². The summed E-state index contributed by atoms with van der Waals surface area (Å²) in [6.07, 6.45) is -0.635. The molecule has 4 aromatic rings. The molecular formula is C34H36F3N6O2P. The minimum Gasteiger partial charge on any atom is -0.381 e. The molecule has 46 heavy (non-hydrogen) atoms. The third-order valence-electron chi connectivity index (χ3n) is 7.80. The number of para-hydroxylation sites is 1. The van der Waals surface area contributed by atoms with Crippen molar-refractivity contribution in [3.8, 4) is 0 Å². The number of hydrogen-bond donors (Lipinski definition) is 3. The molecule has 12 heteroatoms. The van der Waals surface area contributed by atoms with Crippen LogP contribution in [-0.2, 0) is 22.1 Å². The molecule has 1 aliphatic heterocycles. The van der Waals surface area contributed by atoms with Gasteiger partial charge in [0.25, 0.3) is 0 Å². The molecule has 3 aromatic carbocycles. The minimum absolute atomic E-state index is 0.0251. The standard InChI is InChI=1S/C34H36F3N6O2P/c1-4-31(44)43-18-8-10-25(22-43)24-9-7-11-27(19-24)38-20-23-14-16-26(17-15-23)40-33-39-21-28(34(35,36)37)32(42-33)41-29-12-5-6-13-30(29)46(2,3)45/h4-7,9,11-17,19,21,25,38H,1,8,10,18,20,22H2,2-3H3,(H2,39,40,41,42). The quantitative estimate of drug-likeness (QED) is 0.120. The Morgan fingerprint density at radius 3 is 2.52 bits per heavy atom. The van der Waals surface area contributed by atoms with Crippen molar-refractivity contribution in [1.29, 1.82) is 0 Å². The van der Waals surface area contributed by atoms with Crippen molar-refractivity contribution < 1.29 is 22.5 Å². The zero-order chi connectivity index (χ0) is 32.9. The number of rotatable bonds is 10. The van der Waals surface area contributed by atoms with Gasteiger partial charge >= 0.3 is 6.18 Å². The van der Waals surface area contributed by atoms with Crippen LogP contribution in [0.15, 0.2) is 91.6 Å². The number of alkyl halides is 3. The number of hydrogen-bond acceptors (Lipinski definition) is 7. The van der Waals surface area contributed by atoms with Crippen LogP contribution < -0.4 is 21.3 Å². The van der Waals surface area contributed by atoms with Crippen LogP contribution in [-0.4, -0.2) is 47.2 Å². The number of carbonyl (C=O) groups excluding carboxylic acids is 1. The molecule has 8 nitrogen and oxygen atoms in total. The van der Waals surface area contributed by atoms with E-state index in [1.54, 1.807) is 49.7 Å². The second-order valence-corrected chi connectivity index (χ2v) is 14.8. The Morgan fingerprint density at radius 2 is 1.80 bits per heavy atom. The molecule has 1 aromatic heterocycles. The summed E-state index contributed by atoms with van der Waals surface area (Å²) in [5.41, 5.74) is 2.99. The van der Waals surface area contributed by atoms with E-state index in [1.165, 1.54) is 11.6 Å². The number of likely N-dealkylation sites (tertiary alicyclic amines) is 1. The van der Waals surface area contributed by atoms with Crippen molar-refractivity contribution in [3.05, 3.63) is 108 Å². The number of carbonyl (C=O) groups is 1. The smallest absolute Gasteiger partial charge is 0.381 e. The number of amides is 1. The van der Waals surface area contributed by atoms with E-state index >= 15 is 0 Å². The Morgan fingerprint density at radius 1 is 1.04 bits per heavy atom. The van der Waals surface area contributed by atoms with Crippen molar-refractivity contribution in [1.82, 2.24) is 14.9 Å². The molecule has 1 unspecified atom stereocenters. The first-order valence-corrected chi connectivity index (χ1v) is 17.5. The molecular weight excluding hydrogens is 612 g/mol. The van der Waals surface area contributed by atoms with E-state index < -0.39 is 24.7 Å². The highest BCUT2D eigenvalue weighted by Gasteiger charge is 2.36. The third kappa shape index (κ3) is 8.14. The summed E-state index contributed by atoms with van der Waals surface area (Å²) in [6.45, 7) is 8.70. The van der Waals surface area contributed by atoms with Crippen LogP contribution in [0.2, 0.25) is 0 Å². The molecule has 240 valence electrons.